The first-order valence-electron chi connectivity index (χ1n) is 21.0. The fourth-order valence-corrected chi connectivity index (χ4v) is 9.03. The number of hydrogen-bond acceptors (Lipinski definition) is 15. The molecule has 2 aliphatic heterocycles. The first kappa shape index (κ1) is 47.7. The molecular formula is C46H50N5O14P. The lowest BCUT2D eigenvalue weighted by molar-refractivity contribution is -0.150. The number of aryl methyl sites for hydroxylation is 2. The van der Waals surface area contributed by atoms with E-state index in [1.807, 2.05) is 84.9 Å². The van der Waals surface area contributed by atoms with Crippen LogP contribution in [0.3, 0.4) is 0 Å². The minimum atomic E-state index is -2.33. The molecule has 0 aliphatic carbocycles. The van der Waals surface area contributed by atoms with Gasteiger partial charge in [-0.25, -0.2) is 9.59 Å². The van der Waals surface area contributed by atoms with Gasteiger partial charge in [0.05, 0.1) is 52.6 Å². The topological polar surface area (TPSA) is 234 Å². The van der Waals surface area contributed by atoms with Crippen molar-refractivity contribution in [2.75, 3.05) is 34.0 Å². The number of methoxy groups -OCH3 is 2. The summed E-state index contributed by atoms with van der Waals surface area (Å²) in [5.74, 6) is 0.675. The van der Waals surface area contributed by atoms with Crippen LogP contribution in [-0.2, 0) is 42.9 Å². The van der Waals surface area contributed by atoms with Gasteiger partial charge >= 0.3 is 26.0 Å². The molecule has 2 aliphatic rings. The Morgan fingerprint density at radius 2 is 1.24 bits per heavy atom. The summed E-state index contributed by atoms with van der Waals surface area (Å²) in [4.78, 5) is 67.4. The number of aromatic nitrogens is 4. The zero-order valence-electron chi connectivity index (χ0n) is 36.9. The third-order valence-corrected chi connectivity index (χ3v) is 12.4. The molecule has 0 amide bonds. The number of carbonyl (C=O) groups is 1. The highest BCUT2D eigenvalue weighted by Gasteiger charge is 2.45. The molecule has 348 valence electrons. The molecular weight excluding hydrogens is 878 g/mol. The molecule has 2 fully saturated rings. The van der Waals surface area contributed by atoms with Crippen LogP contribution in [0.25, 0.3) is 0 Å². The van der Waals surface area contributed by atoms with Gasteiger partial charge in [-0.15, -0.1) is 0 Å². The van der Waals surface area contributed by atoms with E-state index in [0.29, 0.717) is 11.5 Å². The van der Waals surface area contributed by atoms with E-state index in [-0.39, 0.29) is 50.2 Å². The Labute approximate surface area is 379 Å². The second-order valence-corrected chi connectivity index (χ2v) is 16.7. The molecule has 19 nitrogen and oxygen atoms in total. The van der Waals surface area contributed by atoms with Crippen molar-refractivity contribution in [1.29, 1.82) is 5.26 Å². The number of benzene rings is 3. The molecule has 7 atom stereocenters. The molecule has 0 radical (unpaired) electrons. The van der Waals surface area contributed by atoms with Gasteiger partial charge in [0.15, 0.2) is 0 Å². The Bertz CT molecular complexity index is 2690. The fraction of sp³-hybridized carbons (Fsp3) is 0.391. The highest BCUT2D eigenvalue weighted by atomic mass is 31.2. The standard InChI is InChI=1S/C46H50N5O14P/c1-28-24-50(44(55)48-42(28)53)40-22-36(62-30(3)52)39(64-40)27-61-66(60-21-9-20-47)65-37-23-41(51-25-29(2)43(54)49-45(51)56)63-38(37)26-59-46(31-10-7-6-8-11-31,32-12-16-34(57-4)17-13-32)33-14-18-35(58-5)19-15-33/h6-8,10-19,24-25,36-41H,9,21-23,26-27H2,1-5H3,(H,48,53,55)(H,49,54,56)/t36-,37-,38+,39+,40+,41+,66?/m0/s1. The van der Waals surface area contributed by atoms with Crippen LogP contribution in [0.4, 0.5) is 0 Å². The number of esters is 1. The van der Waals surface area contributed by atoms with Crippen molar-refractivity contribution in [3.8, 4) is 17.6 Å². The normalized spacial score (nSPS) is 21.0. The van der Waals surface area contributed by atoms with Crippen molar-refractivity contribution in [1.82, 2.24) is 19.1 Å². The van der Waals surface area contributed by atoms with Crippen molar-refractivity contribution in [3.63, 3.8) is 0 Å². The molecule has 5 aromatic rings. The average Bonchev–Trinajstić information content (AvgIpc) is 3.91. The van der Waals surface area contributed by atoms with Crippen molar-refractivity contribution < 1.29 is 46.8 Å². The minimum Gasteiger partial charge on any atom is -0.497 e. The molecule has 7 rings (SSSR count). The lowest BCUT2D eigenvalue weighted by Crippen LogP contribution is -2.38. The summed E-state index contributed by atoms with van der Waals surface area (Å²) >= 11 is 0. The van der Waals surface area contributed by atoms with E-state index >= 15 is 0 Å². The third kappa shape index (κ3) is 10.7. The van der Waals surface area contributed by atoms with E-state index in [1.165, 1.54) is 28.5 Å². The number of hydrogen-bond donors (Lipinski definition) is 2. The third-order valence-electron chi connectivity index (χ3n) is 11.2. The van der Waals surface area contributed by atoms with Gasteiger partial charge in [-0.05, 0) is 54.8 Å². The van der Waals surface area contributed by atoms with Gasteiger partial charge in [0.2, 0.25) is 0 Å². The zero-order chi connectivity index (χ0) is 47.0. The van der Waals surface area contributed by atoms with Crippen LogP contribution in [0.5, 0.6) is 11.5 Å². The minimum absolute atomic E-state index is 0.0101. The molecule has 2 saturated heterocycles. The maximum Gasteiger partial charge on any atom is 0.333 e. The Hall–Kier alpha value is -6.23. The Morgan fingerprint density at radius 1 is 0.742 bits per heavy atom. The van der Waals surface area contributed by atoms with Crippen LogP contribution in [0.1, 0.15) is 66.5 Å². The number of nitriles is 1. The van der Waals surface area contributed by atoms with Gasteiger partial charge in [-0.2, -0.15) is 5.26 Å². The van der Waals surface area contributed by atoms with E-state index in [0.717, 1.165) is 16.7 Å². The Morgan fingerprint density at radius 3 is 1.74 bits per heavy atom. The van der Waals surface area contributed by atoms with Crippen LogP contribution in [-0.4, -0.2) is 83.5 Å². The number of nitrogens with zero attached hydrogens (tertiary/aromatic N) is 3. The van der Waals surface area contributed by atoms with Crippen LogP contribution in [0.2, 0.25) is 0 Å². The molecule has 4 heterocycles. The fourth-order valence-electron chi connectivity index (χ4n) is 7.88. The molecule has 1 unspecified atom stereocenters. The predicted octanol–water partition coefficient (Wildman–Crippen LogP) is 4.80. The van der Waals surface area contributed by atoms with Crippen LogP contribution in [0, 0.1) is 25.2 Å². The van der Waals surface area contributed by atoms with Gasteiger partial charge < -0.3 is 42.0 Å². The van der Waals surface area contributed by atoms with Gasteiger partial charge in [0.25, 0.3) is 11.1 Å². The van der Waals surface area contributed by atoms with Crippen molar-refractivity contribution in [2.45, 2.75) is 82.5 Å². The predicted molar refractivity (Wildman–Crippen MR) is 237 cm³/mol. The van der Waals surface area contributed by atoms with E-state index < -0.39 is 79.5 Å². The Kier molecular flexibility index (Phi) is 15.5. The number of rotatable bonds is 19. The highest BCUT2D eigenvalue weighted by Crippen LogP contribution is 2.48. The van der Waals surface area contributed by atoms with Crippen LogP contribution in [0.15, 0.2) is 110 Å². The maximum atomic E-state index is 13.3. The lowest BCUT2D eigenvalue weighted by Gasteiger charge is -2.37. The summed E-state index contributed by atoms with van der Waals surface area (Å²) in [6, 6.07) is 26.7. The van der Waals surface area contributed by atoms with Crippen molar-refractivity contribution in [3.05, 3.63) is 161 Å². The SMILES string of the molecule is COc1ccc(C(OC[C@H]2O[C@@H](n3cc(C)c(=O)[nH]c3=O)C[C@@H]2OP(OCCC#N)OC[C@H]2O[C@@H](n3cc(C)c(=O)[nH]c3=O)C[C@@H]2OC(C)=O)(c2ccccc2)c2ccc(OC)cc2)cc1. The van der Waals surface area contributed by atoms with Crippen molar-refractivity contribution >= 4 is 14.6 Å². The largest absolute Gasteiger partial charge is 0.497 e. The van der Waals surface area contributed by atoms with E-state index in [1.54, 1.807) is 28.1 Å². The Balaban J connectivity index is 1.22. The van der Waals surface area contributed by atoms with Gasteiger partial charge in [-0.3, -0.25) is 33.5 Å². The lowest BCUT2D eigenvalue weighted by atomic mass is 9.80. The monoisotopic (exact) mass is 927 g/mol. The molecule has 2 N–H and O–H groups in total. The van der Waals surface area contributed by atoms with Crippen LogP contribution < -0.4 is 32.0 Å². The number of ether oxygens (including phenoxy) is 6. The molecule has 66 heavy (non-hydrogen) atoms. The first-order valence-corrected chi connectivity index (χ1v) is 22.1. The van der Waals surface area contributed by atoms with E-state index in [4.69, 9.17) is 42.0 Å². The summed E-state index contributed by atoms with van der Waals surface area (Å²) in [5, 5.41) is 9.41. The summed E-state index contributed by atoms with van der Waals surface area (Å²) < 4.78 is 58.0. The quantitative estimate of drug-likeness (QED) is 0.0490. The number of carbonyl (C=O) groups excluding carboxylic acids is 1. The molecule has 0 spiro atoms. The molecule has 3 aromatic carbocycles. The second-order valence-electron chi connectivity index (χ2n) is 15.6. The number of nitrogens with one attached hydrogen (secondary N) is 2. The van der Waals surface area contributed by atoms with Gasteiger partial charge in [0.1, 0.15) is 47.9 Å². The molecule has 0 bridgehead atoms. The second kappa shape index (κ2) is 21.4. The first-order chi connectivity index (χ1) is 31.8. The van der Waals surface area contributed by atoms with E-state index in [2.05, 4.69) is 9.97 Å². The highest BCUT2D eigenvalue weighted by molar-refractivity contribution is 7.41. The maximum absolute atomic E-state index is 13.3. The van der Waals surface area contributed by atoms with E-state index in [9.17, 15) is 29.2 Å². The molecule has 2 aromatic heterocycles. The van der Waals surface area contributed by atoms with Gasteiger partial charge in [-0.1, -0.05) is 54.6 Å². The zero-order valence-corrected chi connectivity index (χ0v) is 37.8. The summed E-state index contributed by atoms with van der Waals surface area (Å²) in [6.45, 7) is 3.88. The van der Waals surface area contributed by atoms with Gasteiger partial charge in [0, 0.05) is 43.3 Å². The smallest absolute Gasteiger partial charge is 0.333 e. The number of aromatic amines is 2. The summed E-state index contributed by atoms with van der Waals surface area (Å²) in [6.07, 6.45) is -2.62. The van der Waals surface area contributed by atoms with Crippen molar-refractivity contribution in [2.24, 2.45) is 0 Å². The summed E-state index contributed by atoms with van der Waals surface area (Å²) in [5.41, 5.74) is -0.929. The molecule has 0 saturated carbocycles. The number of H-pyrrole nitrogens is 2. The van der Waals surface area contributed by atoms with Crippen LogP contribution >= 0.6 is 8.60 Å². The average molecular weight is 928 g/mol. The molecule has 20 heteroatoms. The summed E-state index contributed by atoms with van der Waals surface area (Å²) in [7, 11) is 0.830.